The fourth-order valence-corrected chi connectivity index (χ4v) is 2.00. The molecule has 0 bridgehead atoms. The third-order valence-electron chi connectivity index (χ3n) is 2.16. The van der Waals surface area contributed by atoms with Crippen LogP contribution in [-0.2, 0) is 6.42 Å². The van der Waals surface area contributed by atoms with Crippen molar-refractivity contribution in [2.24, 2.45) is 0 Å². The normalized spacial score (nSPS) is 11.1. The molecule has 1 aromatic heterocycles. The van der Waals surface area contributed by atoms with Crippen LogP contribution in [0.3, 0.4) is 0 Å². The Labute approximate surface area is 88.9 Å². The monoisotopic (exact) mass is 257 g/mol. The van der Waals surface area contributed by atoms with E-state index in [2.05, 4.69) is 20.9 Å². The molecule has 4 heteroatoms. The number of fused-ring (bicyclic) bond motifs is 1. The van der Waals surface area contributed by atoms with E-state index >= 15 is 0 Å². The Morgan fingerprint density at radius 1 is 1.43 bits per heavy atom. The number of rotatable bonds is 2. The third kappa shape index (κ3) is 1.55. The lowest BCUT2D eigenvalue weighted by atomic mass is 10.1. The van der Waals surface area contributed by atoms with Crippen molar-refractivity contribution in [1.82, 2.24) is 4.98 Å². The van der Waals surface area contributed by atoms with Gasteiger partial charge >= 0.3 is 0 Å². The van der Waals surface area contributed by atoms with E-state index in [1.165, 1.54) is 6.07 Å². The maximum absolute atomic E-state index is 13.5. The van der Waals surface area contributed by atoms with Gasteiger partial charge in [0.15, 0.2) is 0 Å². The number of H-pyrrole nitrogens is 1. The second-order valence-electron chi connectivity index (χ2n) is 3.10. The summed E-state index contributed by atoms with van der Waals surface area (Å²) in [6.45, 7) is 0.0302. The molecule has 0 aliphatic carbocycles. The van der Waals surface area contributed by atoms with E-state index in [9.17, 15) is 4.39 Å². The Morgan fingerprint density at radius 3 is 2.93 bits per heavy atom. The largest absolute Gasteiger partial charge is 0.396 e. The number of aliphatic hydroxyl groups excluding tert-OH is 1. The van der Waals surface area contributed by atoms with Crippen LogP contribution >= 0.6 is 15.9 Å². The van der Waals surface area contributed by atoms with Crippen LogP contribution in [0.15, 0.2) is 22.8 Å². The van der Waals surface area contributed by atoms with Crippen molar-refractivity contribution < 1.29 is 9.50 Å². The lowest BCUT2D eigenvalue weighted by Crippen LogP contribution is -1.89. The summed E-state index contributed by atoms with van der Waals surface area (Å²) in [6, 6.07) is 3.25. The number of nitrogens with one attached hydrogen (secondary N) is 1. The van der Waals surface area contributed by atoms with Gasteiger partial charge in [-0.3, -0.25) is 0 Å². The molecule has 0 unspecified atom stereocenters. The minimum atomic E-state index is -0.265. The number of hydrogen-bond donors (Lipinski definition) is 2. The molecule has 2 aromatic rings. The van der Waals surface area contributed by atoms with Crippen molar-refractivity contribution in [3.8, 4) is 0 Å². The highest BCUT2D eigenvalue weighted by atomic mass is 79.9. The minimum Gasteiger partial charge on any atom is -0.396 e. The summed E-state index contributed by atoms with van der Waals surface area (Å²) in [5, 5.41) is 9.37. The molecule has 0 amide bonds. The van der Waals surface area contributed by atoms with Gasteiger partial charge in [0, 0.05) is 28.2 Å². The van der Waals surface area contributed by atoms with Gasteiger partial charge < -0.3 is 10.1 Å². The predicted octanol–water partition coefficient (Wildman–Crippen LogP) is 2.60. The molecule has 0 spiro atoms. The second kappa shape index (κ2) is 3.71. The average molecular weight is 258 g/mol. The van der Waals surface area contributed by atoms with Crippen LogP contribution in [0.25, 0.3) is 10.9 Å². The number of aromatic nitrogens is 1. The van der Waals surface area contributed by atoms with E-state index in [-0.39, 0.29) is 12.4 Å². The maximum atomic E-state index is 13.5. The summed E-state index contributed by atoms with van der Waals surface area (Å²) in [5.41, 5.74) is 1.56. The van der Waals surface area contributed by atoms with Crippen LogP contribution in [0.4, 0.5) is 4.39 Å². The molecular weight excluding hydrogens is 249 g/mol. The van der Waals surface area contributed by atoms with Gasteiger partial charge in [-0.25, -0.2) is 4.39 Å². The van der Waals surface area contributed by atoms with Gasteiger partial charge in [0.1, 0.15) is 5.82 Å². The smallest absolute Gasteiger partial charge is 0.133 e. The van der Waals surface area contributed by atoms with Crippen molar-refractivity contribution in [3.05, 3.63) is 34.2 Å². The molecule has 2 rings (SSSR count). The molecule has 0 saturated heterocycles. The van der Waals surface area contributed by atoms with Crippen LogP contribution in [0.5, 0.6) is 0 Å². The molecule has 0 aliphatic heterocycles. The number of benzene rings is 1. The van der Waals surface area contributed by atoms with E-state index in [0.29, 0.717) is 16.3 Å². The van der Waals surface area contributed by atoms with E-state index in [1.807, 2.05) is 6.07 Å². The Hall–Kier alpha value is -0.870. The highest BCUT2D eigenvalue weighted by molar-refractivity contribution is 9.10. The summed E-state index contributed by atoms with van der Waals surface area (Å²) in [6.07, 6.45) is 2.20. The van der Waals surface area contributed by atoms with Gasteiger partial charge in [-0.05, 0) is 24.1 Å². The average Bonchev–Trinajstić information content (AvgIpc) is 2.49. The summed E-state index contributed by atoms with van der Waals surface area (Å²) in [5.74, 6) is -0.265. The van der Waals surface area contributed by atoms with Crippen LogP contribution < -0.4 is 0 Å². The zero-order valence-corrected chi connectivity index (χ0v) is 8.94. The Balaban J connectivity index is 2.66. The highest BCUT2D eigenvalue weighted by Gasteiger charge is 2.09. The van der Waals surface area contributed by atoms with Gasteiger partial charge in [0.05, 0.1) is 0 Å². The van der Waals surface area contributed by atoms with Crippen molar-refractivity contribution >= 4 is 26.8 Å². The summed E-state index contributed by atoms with van der Waals surface area (Å²) in [7, 11) is 0. The van der Waals surface area contributed by atoms with E-state index in [0.717, 1.165) is 11.1 Å². The first-order chi connectivity index (χ1) is 6.72. The number of halogens is 2. The fourth-order valence-electron chi connectivity index (χ4n) is 1.57. The Morgan fingerprint density at radius 2 is 2.21 bits per heavy atom. The Kier molecular flexibility index (Phi) is 2.56. The van der Waals surface area contributed by atoms with E-state index in [4.69, 9.17) is 5.11 Å². The molecule has 0 radical (unpaired) electrons. The summed E-state index contributed by atoms with van der Waals surface area (Å²) >= 11 is 3.22. The molecule has 0 atom stereocenters. The van der Waals surface area contributed by atoms with Crippen molar-refractivity contribution in [1.29, 1.82) is 0 Å². The molecule has 2 N–H and O–H groups in total. The van der Waals surface area contributed by atoms with Crippen LogP contribution in [0, 0.1) is 5.82 Å². The molecule has 0 aliphatic rings. The third-order valence-corrected chi connectivity index (χ3v) is 2.62. The van der Waals surface area contributed by atoms with Crippen molar-refractivity contribution in [2.45, 2.75) is 6.42 Å². The van der Waals surface area contributed by atoms with Crippen LogP contribution in [0.1, 0.15) is 5.56 Å². The zero-order chi connectivity index (χ0) is 10.1. The molecular formula is C10H9BrFNO. The first kappa shape index (κ1) is 9.68. The molecule has 0 saturated carbocycles. The molecule has 74 valence electrons. The van der Waals surface area contributed by atoms with Gasteiger partial charge in [0.2, 0.25) is 0 Å². The quantitative estimate of drug-likeness (QED) is 0.853. The second-order valence-corrected chi connectivity index (χ2v) is 4.01. The van der Waals surface area contributed by atoms with E-state index < -0.39 is 0 Å². The molecule has 2 nitrogen and oxygen atoms in total. The van der Waals surface area contributed by atoms with Gasteiger partial charge in [-0.2, -0.15) is 0 Å². The molecule has 0 fully saturated rings. The molecule has 14 heavy (non-hydrogen) atoms. The fraction of sp³-hybridized carbons (Fsp3) is 0.200. The van der Waals surface area contributed by atoms with Gasteiger partial charge in [-0.1, -0.05) is 15.9 Å². The summed E-state index contributed by atoms with van der Waals surface area (Å²) in [4.78, 5) is 2.97. The molecule has 1 aromatic carbocycles. The lowest BCUT2D eigenvalue weighted by Gasteiger charge is -1.98. The predicted molar refractivity (Wildman–Crippen MR) is 56.7 cm³/mol. The summed E-state index contributed by atoms with van der Waals surface area (Å²) < 4.78 is 14.2. The number of hydrogen-bond acceptors (Lipinski definition) is 1. The van der Waals surface area contributed by atoms with Gasteiger partial charge in [-0.15, -0.1) is 0 Å². The first-order valence-corrected chi connectivity index (χ1v) is 5.07. The maximum Gasteiger partial charge on any atom is 0.133 e. The topological polar surface area (TPSA) is 36.0 Å². The van der Waals surface area contributed by atoms with Crippen molar-refractivity contribution in [2.75, 3.05) is 6.61 Å². The number of aliphatic hydroxyl groups is 1. The van der Waals surface area contributed by atoms with Crippen LogP contribution in [-0.4, -0.2) is 16.7 Å². The number of aromatic amines is 1. The van der Waals surface area contributed by atoms with E-state index in [1.54, 1.807) is 6.20 Å². The van der Waals surface area contributed by atoms with Gasteiger partial charge in [0.25, 0.3) is 0 Å². The standard InChI is InChI=1S/C10H9BrFNO/c11-7-3-8(12)10-6(1-2-14)5-13-9(10)4-7/h3-5,13-14H,1-2H2. The lowest BCUT2D eigenvalue weighted by molar-refractivity contribution is 0.300. The highest BCUT2D eigenvalue weighted by Crippen LogP contribution is 2.25. The zero-order valence-electron chi connectivity index (χ0n) is 7.35. The minimum absolute atomic E-state index is 0.0302. The molecule has 1 heterocycles. The SMILES string of the molecule is OCCc1c[nH]c2cc(Br)cc(F)c12. The Bertz CT molecular complexity index is 466. The van der Waals surface area contributed by atoms with Crippen LogP contribution in [0.2, 0.25) is 0 Å². The van der Waals surface area contributed by atoms with Crippen molar-refractivity contribution in [3.63, 3.8) is 0 Å². The first-order valence-electron chi connectivity index (χ1n) is 4.28.